The van der Waals surface area contributed by atoms with Crippen LogP contribution >= 0.6 is 0 Å². The van der Waals surface area contributed by atoms with Gasteiger partial charge in [0.2, 0.25) is 0 Å². The number of nitrogens with one attached hydrogen (secondary N) is 1. The zero-order valence-corrected chi connectivity index (χ0v) is 16.0. The first-order valence-electron chi connectivity index (χ1n) is 9.60. The number of hydrogen-bond donors (Lipinski definition) is 1. The zero-order valence-electron chi connectivity index (χ0n) is 16.0. The van der Waals surface area contributed by atoms with E-state index in [0.717, 1.165) is 54.4 Å². The van der Waals surface area contributed by atoms with Crippen molar-refractivity contribution in [3.05, 3.63) is 71.3 Å². The molecule has 0 radical (unpaired) electrons. The molecule has 1 fully saturated rings. The minimum absolute atomic E-state index is 0.191. The summed E-state index contributed by atoms with van der Waals surface area (Å²) in [5.74, 6) is -0.416. The van der Waals surface area contributed by atoms with Crippen molar-refractivity contribution >= 4 is 28.1 Å². The number of benzene rings is 3. The number of nitrogens with zero attached hydrogens (tertiary/aromatic N) is 1. The molecule has 1 heterocycles. The second-order valence-electron chi connectivity index (χ2n) is 7.35. The lowest BCUT2D eigenvalue weighted by Gasteiger charge is -2.23. The third kappa shape index (κ3) is 3.79. The van der Waals surface area contributed by atoms with Crippen LogP contribution in [0.3, 0.4) is 0 Å². The molecule has 1 N–H and O–H groups in total. The molecule has 0 aromatic heterocycles. The van der Waals surface area contributed by atoms with Crippen molar-refractivity contribution in [1.29, 1.82) is 0 Å². The molecule has 1 aliphatic rings. The normalized spacial score (nSPS) is 14.4. The van der Waals surface area contributed by atoms with Gasteiger partial charge in [-0.3, -0.25) is 4.79 Å². The van der Waals surface area contributed by atoms with Gasteiger partial charge in [-0.25, -0.2) is 0 Å². The first-order chi connectivity index (χ1) is 13.8. The summed E-state index contributed by atoms with van der Waals surface area (Å²) >= 11 is 0. The van der Waals surface area contributed by atoms with Crippen LogP contribution in [0.15, 0.2) is 54.6 Å². The molecule has 1 saturated heterocycles. The maximum Gasteiger partial charge on any atom is 0.416 e. The SMILES string of the molecule is Cc1cccc2c(C(=O)Nc3cc(C(F)(F)F)ccc3N3CCCC3)cccc12. The predicted molar refractivity (Wildman–Crippen MR) is 110 cm³/mol. The van der Waals surface area contributed by atoms with E-state index in [1.54, 1.807) is 12.1 Å². The van der Waals surface area contributed by atoms with Gasteiger partial charge in [-0.05, 0) is 60.4 Å². The number of rotatable bonds is 3. The molecule has 0 spiro atoms. The molecule has 3 aromatic rings. The molecule has 29 heavy (non-hydrogen) atoms. The van der Waals surface area contributed by atoms with Crippen LogP contribution in [0.4, 0.5) is 24.5 Å². The van der Waals surface area contributed by atoms with Gasteiger partial charge in [0.25, 0.3) is 5.91 Å². The van der Waals surface area contributed by atoms with E-state index < -0.39 is 17.6 Å². The predicted octanol–water partition coefficient (Wildman–Crippen LogP) is 6.02. The molecular weight excluding hydrogens is 377 g/mol. The van der Waals surface area contributed by atoms with Crippen molar-refractivity contribution in [3.63, 3.8) is 0 Å². The molecule has 3 nitrogen and oxygen atoms in total. The van der Waals surface area contributed by atoms with Crippen molar-refractivity contribution in [3.8, 4) is 0 Å². The van der Waals surface area contributed by atoms with Crippen LogP contribution in [0.2, 0.25) is 0 Å². The Kier molecular flexibility index (Phi) is 4.94. The van der Waals surface area contributed by atoms with E-state index in [1.165, 1.54) is 6.07 Å². The van der Waals surface area contributed by atoms with Crippen LogP contribution in [0.1, 0.15) is 34.3 Å². The fourth-order valence-electron chi connectivity index (χ4n) is 3.90. The van der Waals surface area contributed by atoms with Crippen molar-refractivity contribution in [2.75, 3.05) is 23.3 Å². The highest BCUT2D eigenvalue weighted by molar-refractivity contribution is 6.14. The van der Waals surface area contributed by atoms with Crippen LogP contribution in [0, 0.1) is 6.92 Å². The number of alkyl halides is 3. The van der Waals surface area contributed by atoms with Gasteiger partial charge in [0.1, 0.15) is 0 Å². The van der Waals surface area contributed by atoms with Gasteiger partial charge in [-0.15, -0.1) is 0 Å². The molecule has 0 unspecified atom stereocenters. The van der Waals surface area contributed by atoms with Crippen LogP contribution in [-0.4, -0.2) is 19.0 Å². The largest absolute Gasteiger partial charge is 0.416 e. The fourth-order valence-corrected chi connectivity index (χ4v) is 3.90. The molecule has 0 bridgehead atoms. The fraction of sp³-hybridized carbons (Fsp3) is 0.261. The highest BCUT2D eigenvalue weighted by Crippen LogP contribution is 2.37. The molecule has 1 aliphatic heterocycles. The van der Waals surface area contributed by atoms with Crippen molar-refractivity contribution in [1.82, 2.24) is 0 Å². The summed E-state index contributed by atoms with van der Waals surface area (Å²) in [6, 6.07) is 14.7. The Hall–Kier alpha value is -3.02. The molecule has 4 rings (SSSR count). The van der Waals surface area contributed by atoms with Gasteiger partial charge in [-0.1, -0.05) is 30.3 Å². The monoisotopic (exact) mass is 398 g/mol. The number of hydrogen-bond acceptors (Lipinski definition) is 2. The molecular formula is C23H21F3N2O. The number of carbonyl (C=O) groups is 1. The number of fused-ring (bicyclic) bond motifs is 1. The Bertz CT molecular complexity index is 1070. The highest BCUT2D eigenvalue weighted by atomic mass is 19.4. The summed E-state index contributed by atoms with van der Waals surface area (Å²) in [7, 11) is 0. The molecule has 0 saturated carbocycles. The summed E-state index contributed by atoms with van der Waals surface area (Å²) in [5.41, 5.74) is 1.52. The van der Waals surface area contributed by atoms with Crippen molar-refractivity contribution in [2.45, 2.75) is 25.9 Å². The van der Waals surface area contributed by atoms with Crippen LogP contribution in [-0.2, 0) is 6.18 Å². The molecule has 3 aromatic carbocycles. The second-order valence-corrected chi connectivity index (χ2v) is 7.35. The summed E-state index contributed by atoms with van der Waals surface area (Å²) in [4.78, 5) is 15.1. The van der Waals surface area contributed by atoms with Crippen LogP contribution in [0.5, 0.6) is 0 Å². The van der Waals surface area contributed by atoms with Gasteiger partial charge < -0.3 is 10.2 Å². The quantitative estimate of drug-likeness (QED) is 0.585. The summed E-state index contributed by atoms with van der Waals surface area (Å²) < 4.78 is 39.8. The third-order valence-electron chi connectivity index (χ3n) is 5.40. The standard InChI is InChI=1S/C23H21F3N2O/c1-15-6-4-8-18-17(15)7-5-9-19(18)22(29)27-20-14-16(23(24,25)26)10-11-21(20)28-12-2-3-13-28/h4-11,14H,2-3,12-13H2,1H3,(H,27,29). The van der Waals surface area contributed by atoms with E-state index in [9.17, 15) is 18.0 Å². The van der Waals surface area contributed by atoms with Gasteiger partial charge in [0.15, 0.2) is 0 Å². The number of carbonyl (C=O) groups excluding carboxylic acids is 1. The Morgan fingerprint density at radius 3 is 2.38 bits per heavy atom. The van der Waals surface area contributed by atoms with E-state index >= 15 is 0 Å². The summed E-state index contributed by atoms with van der Waals surface area (Å²) in [5, 5.41) is 4.47. The van der Waals surface area contributed by atoms with Crippen LogP contribution < -0.4 is 10.2 Å². The Morgan fingerprint density at radius 1 is 0.966 bits per heavy atom. The third-order valence-corrected chi connectivity index (χ3v) is 5.40. The first kappa shape index (κ1) is 19.3. The number of aryl methyl sites for hydroxylation is 1. The maximum atomic E-state index is 13.3. The van der Waals surface area contributed by atoms with Crippen molar-refractivity contribution in [2.24, 2.45) is 0 Å². The second kappa shape index (κ2) is 7.43. The lowest BCUT2D eigenvalue weighted by molar-refractivity contribution is -0.137. The smallest absolute Gasteiger partial charge is 0.370 e. The van der Waals surface area contributed by atoms with E-state index in [2.05, 4.69) is 5.32 Å². The Balaban J connectivity index is 1.75. The molecule has 1 amide bonds. The minimum Gasteiger partial charge on any atom is -0.370 e. The van der Waals surface area contributed by atoms with Crippen molar-refractivity contribution < 1.29 is 18.0 Å². The molecule has 6 heteroatoms. The van der Waals surface area contributed by atoms with E-state index in [4.69, 9.17) is 0 Å². The van der Waals surface area contributed by atoms with E-state index in [1.807, 2.05) is 36.1 Å². The number of halogens is 3. The van der Waals surface area contributed by atoms with Gasteiger partial charge >= 0.3 is 6.18 Å². The Morgan fingerprint density at radius 2 is 1.66 bits per heavy atom. The lowest BCUT2D eigenvalue weighted by atomic mass is 10.0. The molecule has 0 aliphatic carbocycles. The highest BCUT2D eigenvalue weighted by Gasteiger charge is 2.32. The summed E-state index contributed by atoms with van der Waals surface area (Å²) in [6.07, 6.45) is -2.51. The number of amides is 1. The van der Waals surface area contributed by atoms with E-state index in [0.29, 0.717) is 11.3 Å². The summed E-state index contributed by atoms with van der Waals surface area (Å²) in [6.45, 7) is 3.49. The van der Waals surface area contributed by atoms with Gasteiger partial charge in [0, 0.05) is 18.7 Å². The van der Waals surface area contributed by atoms with Gasteiger partial charge in [-0.2, -0.15) is 13.2 Å². The van der Waals surface area contributed by atoms with Gasteiger partial charge in [0.05, 0.1) is 16.9 Å². The first-order valence-corrected chi connectivity index (χ1v) is 9.60. The number of anilines is 2. The maximum absolute atomic E-state index is 13.3. The van der Waals surface area contributed by atoms with Crippen LogP contribution in [0.25, 0.3) is 10.8 Å². The average Bonchev–Trinajstić information content (AvgIpc) is 3.21. The molecule has 150 valence electrons. The van der Waals surface area contributed by atoms with E-state index in [-0.39, 0.29) is 5.69 Å². The Labute approximate surface area is 167 Å². The topological polar surface area (TPSA) is 32.3 Å². The zero-order chi connectivity index (χ0) is 20.6. The lowest BCUT2D eigenvalue weighted by Crippen LogP contribution is -2.22. The minimum atomic E-state index is -4.47. The average molecular weight is 398 g/mol. The molecule has 0 atom stereocenters.